The second-order valence-corrected chi connectivity index (χ2v) is 7.55. The standard InChI is InChI=1S/C16H34O3S/c1-4-6-8-9-10-11-12-14-16(13-7-5-2)15-19-20(3,17)18/h16H,4-15H2,1-3H3. The van der Waals surface area contributed by atoms with Crippen LogP contribution in [0.1, 0.15) is 84.5 Å². The fourth-order valence-corrected chi connectivity index (χ4v) is 2.85. The minimum absolute atomic E-state index is 0.370. The lowest BCUT2D eigenvalue weighted by Crippen LogP contribution is -2.14. The summed E-state index contributed by atoms with van der Waals surface area (Å²) in [6.07, 6.45) is 14.8. The molecule has 0 radical (unpaired) electrons. The molecule has 0 rings (SSSR count). The number of rotatable bonds is 14. The van der Waals surface area contributed by atoms with Crippen molar-refractivity contribution in [3.05, 3.63) is 0 Å². The molecule has 0 aromatic carbocycles. The number of hydrogen-bond donors (Lipinski definition) is 0. The summed E-state index contributed by atoms with van der Waals surface area (Å²) in [5, 5.41) is 0. The number of unbranched alkanes of at least 4 members (excludes halogenated alkanes) is 7. The molecular weight excluding hydrogens is 272 g/mol. The van der Waals surface area contributed by atoms with Gasteiger partial charge in [0.15, 0.2) is 0 Å². The summed E-state index contributed by atoms with van der Waals surface area (Å²) in [4.78, 5) is 0. The molecule has 0 spiro atoms. The van der Waals surface area contributed by atoms with Crippen molar-refractivity contribution in [1.82, 2.24) is 0 Å². The first-order valence-corrected chi connectivity index (χ1v) is 10.2. The molecule has 0 fully saturated rings. The van der Waals surface area contributed by atoms with Gasteiger partial charge in [0.2, 0.25) is 0 Å². The summed E-state index contributed by atoms with van der Waals surface area (Å²) in [5.41, 5.74) is 0. The van der Waals surface area contributed by atoms with E-state index in [2.05, 4.69) is 13.8 Å². The van der Waals surface area contributed by atoms with Gasteiger partial charge in [0, 0.05) is 0 Å². The lowest BCUT2D eigenvalue weighted by Gasteiger charge is -2.15. The monoisotopic (exact) mass is 306 g/mol. The third-order valence-electron chi connectivity index (χ3n) is 3.70. The van der Waals surface area contributed by atoms with Crippen LogP contribution < -0.4 is 0 Å². The van der Waals surface area contributed by atoms with Crippen molar-refractivity contribution in [2.75, 3.05) is 12.9 Å². The van der Waals surface area contributed by atoms with Crippen molar-refractivity contribution in [2.45, 2.75) is 84.5 Å². The first-order chi connectivity index (χ1) is 9.49. The van der Waals surface area contributed by atoms with Crippen molar-refractivity contribution in [1.29, 1.82) is 0 Å². The average molecular weight is 307 g/mol. The van der Waals surface area contributed by atoms with Gasteiger partial charge < -0.3 is 0 Å². The van der Waals surface area contributed by atoms with Crippen LogP contribution in [0.3, 0.4) is 0 Å². The van der Waals surface area contributed by atoms with Gasteiger partial charge in [0.1, 0.15) is 0 Å². The molecule has 122 valence electrons. The van der Waals surface area contributed by atoms with Crippen LogP contribution >= 0.6 is 0 Å². The van der Waals surface area contributed by atoms with E-state index in [0.29, 0.717) is 12.5 Å². The zero-order valence-corrected chi connectivity index (χ0v) is 14.5. The molecule has 0 aliphatic rings. The summed E-state index contributed by atoms with van der Waals surface area (Å²) in [7, 11) is -3.29. The molecule has 0 aliphatic carbocycles. The second-order valence-electron chi connectivity index (χ2n) is 5.91. The van der Waals surface area contributed by atoms with E-state index < -0.39 is 10.1 Å². The molecule has 0 bridgehead atoms. The molecule has 0 amide bonds. The largest absolute Gasteiger partial charge is 0.270 e. The highest BCUT2D eigenvalue weighted by Gasteiger charge is 2.12. The Bertz CT molecular complexity index is 299. The summed E-state index contributed by atoms with van der Waals surface area (Å²) >= 11 is 0. The fourth-order valence-electron chi connectivity index (χ4n) is 2.41. The molecule has 1 atom stereocenters. The molecule has 4 heteroatoms. The molecule has 0 aliphatic heterocycles. The van der Waals surface area contributed by atoms with Crippen LogP contribution in [0.15, 0.2) is 0 Å². The highest BCUT2D eigenvalue weighted by Crippen LogP contribution is 2.19. The van der Waals surface area contributed by atoms with Crippen LogP contribution in [0.2, 0.25) is 0 Å². The topological polar surface area (TPSA) is 43.4 Å². The van der Waals surface area contributed by atoms with E-state index in [1.54, 1.807) is 0 Å². The Morgan fingerprint density at radius 2 is 1.30 bits per heavy atom. The Labute approximate surface area is 126 Å². The van der Waals surface area contributed by atoms with Crippen molar-refractivity contribution in [3.63, 3.8) is 0 Å². The SMILES string of the molecule is CCCCCCCCCC(CCCC)COS(C)(=O)=O. The first-order valence-electron chi connectivity index (χ1n) is 8.34. The maximum atomic E-state index is 11.1. The molecule has 0 aromatic heterocycles. The Morgan fingerprint density at radius 3 is 1.85 bits per heavy atom. The lowest BCUT2D eigenvalue weighted by molar-refractivity contribution is 0.232. The van der Waals surface area contributed by atoms with E-state index in [-0.39, 0.29) is 0 Å². The molecule has 3 nitrogen and oxygen atoms in total. The summed E-state index contributed by atoms with van der Waals surface area (Å²) in [6, 6.07) is 0. The molecule has 0 aromatic rings. The molecule has 20 heavy (non-hydrogen) atoms. The van der Waals surface area contributed by atoms with Gasteiger partial charge in [-0.3, -0.25) is 4.18 Å². The van der Waals surface area contributed by atoms with Crippen LogP contribution in [0.5, 0.6) is 0 Å². The third-order valence-corrected chi connectivity index (χ3v) is 4.26. The van der Waals surface area contributed by atoms with E-state index in [1.807, 2.05) is 0 Å². The molecule has 0 heterocycles. The Balaban J connectivity index is 3.75. The van der Waals surface area contributed by atoms with Gasteiger partial charge in [-0.05, 0) is 18.8 Å². The van der Waals surface area contributed by atoms with Gasteiger partial charge in [-0.25, -0.2) is 0 Å². The maximum absolute atomic E-state index is 11.1. The highest BCUT2D eigenvalue weighted by atomic mass is 32.2. The third kappa shape index (κ3) is 14.3. The van der Waals surface area contributed by atoms with Gasteiger partial charge >= 0.3 is 0 Å². The lowest BCUT2D eigenvalue weighted by atomic mass is 9.96. The van der Waals surface area contributed by atoms with Crippen LogP contribution in [0.25, 0.3) is 0 Å². The summed E-state index contributed by atoms with van der Waals surface area (Å²) < 4.78 is 27.1. The van der Waals surface area contributed by atoms with Gasteiger partial charge in [-0.1, -0.05) is 71.6 Å². The Hall–Kier alpha value is -0.0900. The second kappa shape index (κ2) is 12.6. The smallest absolute Gasteiger partial charge is 0.264 e. The average Bonchev–Trinajstić information content (AvgIpc) is 2.39. The van der Waals surface area contributed by atoms with E-state index >= 15 is 0 Å². The molecule has 0 saturated carbocycles. The highest BCUT2D eigenvalue weighted by molar-refractivity contribution is 7.85. The number of hydrogen-bond acceptors (Lipinski definition) is 3. The normalized spacial score (nSPS) is 13.6. The predicted octanol–water partition coefficient (Wildman–Crippen LogP) is 4.91. The van der Waals surface area contributed by atoms with Gasteiger partial charge in [-0.15, -0.1) is 0 Å². The minimum atomic E-state index is -3.29. The van der Waals surface area contributed by atoms with Crippen molar-refractivity contribution in [2.24, 2.45) is 5.92 Å². The maximum Gasteiger partial charge on any atom is 0.264 e. The molecular formula is C16H34O3S. The molecule has 0 saturated heterocycles. The molecule has 1 unspecified atom stereocenters. The fraction of sp³-hybridized carbons (Fsp3) is 1.00. The Kier molecular flexibility index (Phi) is 12.6. The van der Waals surface area contributed by atoms with Gasteiger partial charge in [0.25, 0.3) is 10.1 Å². The quantitative estimate of drug-likeness (QED) is 0.338. The first kappa shape index (κ1) is 19.9. The molecule has 0 N–H and O–H groups in total. The van der Waals surface area contributed by atoms with E-state index in [0.717, 1.165) is 31.9 Å². The van der Waals surface area contributed by atoms with Crippen molar-refractivity contribution < 1.29 is 12.6 Å². The van der Waals surface area contributed by atoms with E-state index in [9.17, 15) is 8.42 Å². The van der Waals surface area contributed by atoms with E-state index in [4.69, 9.17) is 4.18 Å². The summed E-state index contributed by atoms with van der Waals surface area (Å²) in [6.45, 7) is 4.77. The van der Waals surface area contributed by atoms with E-state index in [1.165, 1.54) is 44.9 Å². The predicted molar refractivity (Wildman–Crippen MR) is 86.4 cm³/mol. The van der Waals surface area contributed by atoms with Crippen molar-refractivity contribution in [3.8, 4) is 0 Å². The zero-order chi connectivity index (χ0) is 15.3. The summed E-state index contributed by atoms with van der Waals surface area (Å²) in [5.74, 6) is 0.403. The van der Waals surface area contributed by atoms with Gasteiger partial charge in [-0.2, -0.15) is 8.42 Å². The minimum Gasteiger partial charge on any atom is -0.270 e. The van der Waals surface area contributed by atoms with Gasteiger partial charge in [0.05, 0.1) is 12.9 Å². The zero-order valence-electron chi connectivity index (χ0n) is 13.7. The van der Waals surface area contributed by atoms with Crippen LogP contribution in [-0.4, -0.2) is 21.3 Å². The van der Waals surface area contributed by atoms with Crippen molar-refractivity contribution >= 4 is 10.1 Å². The Morgan fingerprint density at radius 1 is 0.800 bits per heavy atom. The van der Waals surface area contributed by atoms with Crippen LogP contribution in [0.4, 0.5) is 0 Å². The van der Waals surface area contributed by atoms with Crippen LogP contribution in [0, 0.1) is 5.92 Å². The van der Waals surface area contributed by atoms with Crippen LogP contribution in [-0.2, 0) is 14.3 Å².